The summed E-state index contributed by atoms with van der Waals surface area (Å²) in [5.74, 6) is -0.255. The van der Waals surface area contributed by atoms with Gasteiger partial charge in [0.1, 0.15) is 0 Å². The number of anilines is 2. The quantitative estimate of drug-likeness (QED) is 0.864. The molecule has 150 valence electrons. The lowest BCUT2D eigenvalue weighted by molar-refractivity contribution is -0.117. The average Bonchev–Trinajstić information content (AvgIpc) is 3.20. The molecule has 1 N–H and O–H groups in total. The number of benzene rings is 2. The maximum atomic E-state index is 12.9. The van der Waals surface area contributed by atoms with Gasteiger partial charge in [0.25, 0.3) is 11.8 Å². The van der Waals surface area contributed by atoms with Gasteiger partial charge >= 0.3 is 0 Å². The average molecular weight is 391 g/mol. The molecule has 6 nitrogen and oxygen atoms in total. The predicted octanol–water partition coefficient (Wildman–Crippen LogP) is 3.69. The lowest BCUT2D eigenvalue weighted by Crippen LogP contribution is -2.36. The first kappa shape index (κ1) is 19.2. The Kier molecular flexibility index (Phi) is 5.60. The van der Waals surface area contributed by atoms with Gasteiger partial charge in [-0.15, -0.1) is 0 Å². The van der Waals surface area contributed by atoms with E-state index in [0.29, 0.717) is 29.8 Å². The molecule has 4 rings (SSSR count). The molecule has 2 aromatic rings. The Morgan fingerprint density at radius 1 is 0.862 bits per heavy atom. The molecule has 0 atom stereocenters. The molecule has 0 aliphatic carbocycles. The highest BCUT2D eigenvalue weighted by Gasteiger charge is 2.23. The molecule has 2 heterocycles. The molecule has 2 aliphatic heterocycles. The van der Waals surface area contributed by atoms with Crippen LogP contribution in [0.15, 0.2) is 48.5 Å². The van der Waals surface area contributed by atoms with E-state index in [9.17, 15) is 14.4 Å². The second-order valence-corrected chi connectivity index (χ2v) is 7.55. The van der Waals surface area contributed by atoms with E-state index >= 15 is 0 Å². The van der Waals surface area contributed by atoms with Crippen LogP contribution in [-0.2, 0) is 4.79 Å². The number of piperidine rings is 1. The Balaban J connectivity index is 1.53. The van der Waals surface area contributed by atoms with E-state index in [-0.39, 0.29) is 17.7 Å². The highest BCUT2D eigenvalue weighted by Crippen LogP contribution is 2.24. The van der Waals surface area contributed by atoms with Crippen molar-refractivity contribution in [3.63, 3.8) is 0 Å². The zero-order valence-corrected chi connectivity index (χ0v) is 16.4. The predicted molar refractivity (Wildman–Crippen MR) is 112 cm³/mol. The van der Waals surface area contributed by atoms with Crippen molar-refractivity contribution in [3.8, 4) is 0 Å². The summed E-state index contributed by atoms with van der Waals surface area (Å²) in [4.78, 5) is 41.4. The van der Waals surface area contributed by atoms with E-state index in [2.05, 4.69) is 5.32 Å². The Hall–Kier alpha value is -3.15. The molecule has 6 heteroatoms. The maximum absolute atomic E-state index is 12.9. The topological polar surface area (TPSA) is 69.7 Å². The smallest absolute Gasteiger partial charge is 0.255 e. The van der Waals surface area contributed by atoms with E-state index in [0.717, 1.165) is 44.5 Å². The minimum atomic E-state index is -0.294. The first-order valence-corrected chi connectivity index (χ1v) is 10.2. The van der Waals surface area contributed by atoms with Gasteiger partial charge in [0.15, 0.2) is 0 Å². The molecular formula is C23H25N3O3. The van der Waals surface area contributed by atoms with Crippen molar-refractivity contribution in [2.45, 2.75) is 32.1 Å². The molecule has 0 saturated carbocycles. The maximum Gasteiger partial charge on any atom is 0.255 e. The van der Waals surface area contributed by atoms with Crippen LogP contribution in [-0.4, -0.2) is 42.3 Å². The normalized spacial score (nSPS) is 16.8. The summed E-state index contributed by atoms with van der Waals surface area (Å²) in [5, 5.41) is 2.89. The molecule has 0 radical (unpaired) electrons. The highest BCUT2D eigenvalue weighted by molar-refractivity contribution is 6.09. The summed E-state index contributed by atoms with van der Waals surface area (Å²) in [5.41, 5.74) is 2.21. The van der Waals surface area contributed by atoms with Crippen molar-refractivity contribution in [2.24, 2.45) is 0 Å². The molecule has 2 aromatic carbocycles. The standard InChI is InChI=1S/C23H25N3O3/c27-21-12-7-15-26(21)18-9-6-8-17(16-18)22(28)24-20-11-3-2-10-19(20)23(29)25-13-4-1-5-14-25/h2-3,6,8-11,16H,1,4-5,7,12-15H2,(H,24,28). The first-order chi connectivity index (χ1) is 14.1. The summed E-state index contributed by atoms with van der Waals surface area (Å²) in [6.45, 7) is 2.19. The van der Waals surface area contributed by atoms with Gasteiger partial charge in [-0.3, -0.25) is 14.4 Å². The molecule has 3 amide bonds. The number of amides is 3. The summed E-state index contributed by atoms with van der Waals surface area (Å²) in [6, 6.07) is 14.2. The third-order valence-electron chi connectivity index (χ3n) is 5.54. The molecule has 2 fully saturated rings. The molecule has 2 aliphatic rings. The molecule has 0 aromatic heterocycles. The van der Waals surface area contributed by atoms with Crippen molar-refractivity contribution in [3.05, 3.63) is 59.7 Å². The van der Waals surface area contributed by atoms with Crippen molar-refractivity contribution in [1.82, 2.24) is 4.90 Å². The fourth-order valence-electron chi connectivity index (χ4n) is 3.98. The van der Waals surface area contributed by atoms with E-state index in [1.54, 1.807) is 35.2 Å². The zero-order chi connectivity index (χ0) is 20.2. The third-order valence-corrected chi connectivity index (χ3v) is 5.54. The van der Waals surface area contributed by atoms with Gasteiger partial charge in [0.05, 0.1) is 11.3 Å². The van der Waals surface area contributed by atoms with Gasteiger partial charge in [0, 0.05) is 37.3 Å². The molecule has 29 heavy (non-hydrogen) atoms. The van der Waals surface area contributed by atoms with Gasteiger partial charge in [-0.2, -0.15) is 0 Å². The zero-order valence-electron chi connectivity index (χ0n) is 16.4. The van der Waals surface area contributed by atoms with Crippen molar-refractivity contribution in [2.75, 3.05) is 29.9 Å². The van der Waals surface area contributed by atoms with Gasteiger partial charge in [-0.05, 0) is 56.0 Å². The minimum Gasteiger partial charge on any atom is -0.339 e. The number of para-hydroxylation sites is 1. The van der Waals surface area contributed by atoms with Crippen LogP contribution >= 0.6 is 0 Å². The van der Waals surface area contributed by atoms with E-state index in [1.165, 1.54) is 0 Å². The first-order valence-electron chi connectivity index (χ1n) is 10.2. The summed E-state index contributed by atoms with van der Waals surface area (Å²) < 4.78 is 0. The largest absolute Gasteiger partial charge is 0.339 e. The molecular weight excluding hydrogens is 366 g/mol. The van der Waals surface area contributed by atoms with E-state index in [4.69, 9.17) is 0 Å². The summed E-state index contributed by atoms with van der Waals surface area (Å²) in [6.07, 6.45) is 4.56. The number of hydrogen-bond acceptors (Lipinski definition) is 3. The van der Waals surface area contributed by atoms with Gasteiger partial charge in [-0.1, -0.05) is 18.2 Å². The van der Waals surface area contributed by atoms with Crippen LogP contribution in [0.5, 0.6) is 0 Å². The number of likely N-dealkylation sites (tertiary alicyclic amines) is 1. The molecule has 0 spiro atoms. The number of hydrogen-bond donors (Lipinski definition) is 1. The monoisotopic (exact) mass is 391 g/mol. The van der Waals surface area contributed by atoms with E-state index < -0.39 is 0 Å². The Bertz CT molecular complexity index is 934. The van der Waals surface area contributed by atoms with Crippen LogP contribution in [0.2, 0.25) is 0 Å². The Labute approximate surface area is 170 Å². The fourth-order valence-corrected chi connectivity index (χ4v) is 3.98. The van der Waals surface area contributed by atoms with Gasteiger partial charge in [-0.25, -0.2) is 0 Å². The van der Waals surface area contributed by atoms with Crippen LogP contribution in [0.3, 0.4) is 0 Å². The van der Waals surface area contributed by atoms with Crippen LogP contribution in [0.4, 0.5) is 11.4 Å². The SMILES string of the molecule is O=C(Nc1ccccc1C(=O)N1CCCCC1)c1cccc(N2CCCC2=O)c1. The summed E-state index contributed by atoms with van der Waals surface area (Å²) in [7, 11) is 0. The van der Waals surface area contributed by atoms with Crippen LogP contribution in [0, 0.1) is 0 Å². The molecule has 0 bridgehead atoms. The minimum absolute atomic E-state index is 0.0444. The second kappa shape index (κ2) is 8.47. The van der Waals surface area contributed by atoms with Gasteiger partial charge in [0.2, 0.25) is 5.91 Å². The third kappa shape index (κ3) is 4.16. The summed E-state index contributed by atoms with van der Waals surface area (Å²) >= 11 is 0. The Morgan fingerprint density at radius 3 is 2.41 bits per heavy atom. The molecule has 0 unspecified atom stereocenters. The van der Waals surface area contributed by atoms with Crippen LogP contribution < -0.4 is 10.2 Å². The van der Waals surface area contributed by atoms with Crippen LogP contribution in [0.25, 0.3) is 0 Å². The van der Waals surface area contributed by atoms with Crippen molar-refractivity contribution >= 4 is 29.1 Å². The number of rotatable bonds is 4. The number of nitrogens with zero attached hydrogens (tertiary/aromatic N) is 2. The van der Waals surface area contributed by atoms with Gasteiger partial charge < -0.3 is 15.1 Å². The fraction of sp³-hybridized carbons (Fsp3) is 0.348. The van der Waals surface area contributed by atoms with E-state index in [1.807, 2.05) is 23.1 Å². The molecule has 2 saturated heterocycles. The highest BCUT2D eigenvalue weighted by atomic mass is 16.2. The lowest BCUT2D eigenvalue weighted by atomic mass is 10.1. The lowest BCUT2D eigenvalue weighted by Gasteiger charge is -2.27. The number of carbonyl (C=O) groups excluding carboxylic acids is 3. The Morgan fingerprint density at radius 2 is 1.66 bits per heavy atom. The van der Waals surface area contributed by atoms with Crippen molar-refractivity contribution < 1.29 is 14.4 Å². The second-order valence-electron chi connectivity index (χ2n) is 7.55. The number of nitrogens with one attached hydrogen (secondary N) is 1. The van der Waals surface area contributed by atoms with Crippen LogP contribution in [0.1, 0.15) is 52.8 Å². The number of carbonyl (C=O) groups is 3. The van der Waals surface area contributed by atoms with Crippen molar-refractivity contribution in [1.29, 1.82) is 0 Å².